The van der Waals surface area contributed by atoms with E-state index >= 15 is 0 Å². The zero-order chi connectivity index (χ0) is 21.2. The molecule has 160 valence electrons. The fourth-order valence-corrected chi connectivity index (χ4v) is 4.58. The number of carbonyl (C=O) groups excluding carboxylic acids is 1. The molecule has 2 aliphatic rings. The van der Waals surface area contributed by atoms with Gasteiger partial charge in [0.05, 0.1) is 6.04 Å². The minimum atomic E-state index is -0.203. The number of hydrogen-bond acceptors (Lipinski definition) is 5. The molecule has 0 aromatic heterocycles. The molecule has 0 bridgehead atoms. The molecule has 31 heavy (non-hydrogen) atoms. The Bertz CT molecular complexity index is 1100. The van der Waals surface area contributed by atoms with Gasteiger partial charge < -0.3 is 20.5 Å². The van der Waals surface area contributed by atoms with Gasteiger partial charge in [0.1, 0.15) is 0 Å². The minimum absolute atomic E-state index is 0.0135. The lowest BCUT2D eigenvalue weighted by atomic mass is 10.0. The summed E-state index contributed by atoms with van der Waals surface area (Å²) in [5.41, 5.74) is 8.58. The molecule has 2 aliphatic heterocycles. The molecule has 0 radical (unpaired) electrons. The van der Waals surface area contributed by atoms with Crippen molar-refractivity contribution in [1.29, 1.82) is 0 Å². The predicted molar refractivity (Wildman–Crippen MR) is 120 cm³/mol. The lowest BCUT2D eigenvalue weighted by Gasteiger charge is -2.24. The Morgan fingerprint density at radius 3 is 2.84 bits per heavy atom. The van der Waals surface area contributed by atoms with Gasteiger partial charge in [-0.15, -0.1) is 0 Å². The Labute approximate surface area is 181 Å². The van der Waals surface area contributed by atoms with Crippen LogP contribution in [0.15, 0.2) is 60.7 Å². The van der Waals surface area contributed by atoms with Gasteiger partial charge in [-0.1, -0.05) is 48.5 Å². The van der Waals surface area contributed by atoms with Crippen LogP contribution in [0, 0.1) is 0 Å². The summed E-state index contributed by atoms with van der Waals surface area (Å²) < 4.78 is 10.8. The zero-order valence-corrected chi connectivity index (χ0v) is 17.4. The van der Waals surface area contributed by atoms with E-state index in [0.717, 1.165) is 36.6 Å². The smallest absolute Gasteiger partial charge is 0.237 e. The Balaban J connectivity index is 1.22. The Kier molecular flexibility index (Phi) is 5.49. The molecule has 0 spiro atoms. The van der Waals surface area contributed by atoms with Crippen molar-refractivity contribution in [3.8, 4) is 11.5 Å². The molecule has 0 aliphatic carbocycles. The highest BCUT2D eigenvalue weighted by molar-refractivity contribution is 5.86. The maximum Gasteiger partial charge on any atom is 0.237 e. The molecule has 5 rings (SSSR count). The van der Waals surface area contributed by atoms with Crippen molar-refractivity contribution < 1.29 is 14.3 Å². The van der Waals surface area contributed by atoms with Gasteiger partial charge in [-0.3, -0.25) is 9.69 Å². The van der Waals surface area contributed by atoms with Crippen LogP contribution in [-0.4, -0.2) is 42.8 Å². The lowest BCUT2D eigenvalue weighted by molar-refractivity contribution is -0.125. The monoisotopic (exact) mass is 417 g/mol. The quantitative estimate of drug-likeness (QED) is 0.645. The molecular formula is C25H27N3O3. The molecule has 2 heterocycles. The third-order valence-corrected chi connectivity index (χ3v) is 6.14. The number of benzene rings is 3. The maximum atomic E-state index is 13.0. The van der Waals surface area contributed by atoms with Crippen molar-refractivity contribution in [2.75, 3.05) is 19.9 Å². The van der Waals surface area contributed by atoms with Crippen molar-refractivity contribution in [2.45, 2.75) is 31.5 Å². The number of hydrogen-bond donors (Lipinski definition) is 2. The molecule has 1 fully saturated rings. The molecule has 6 heteroatoms. The summed E-state index contributed by atoms with van der Waals surface area (Å²) in [4.78, 5) is 15.2. The molecule has 1 saturated heterocycles. The first kappa shape index (κ1) is 19.8. The number of nitrogens with one attached hydrogen (secondary N) is 1. The Morgan fingerprint density at radius 2 is 1.90 bits per heavy atom. The van der Waals surface area contributed by atoms with E-state index in [4.69, 9.17) is 15.2 Å². The normalized spacial score (nSPS) is 20.3. The molecule has 0 saturated carbocycles. The molecule has 2 atom stereocenters. The first-order valence-electron chi connectivity index (χ1n) is 10.8. The van der Waals surface area contributed by atoms with Crippen molar-refractivity contribution in [2.24, 2.45) is 5.73 Å². The fourth-order valence-electron chi connectivity index (χ4n) is 4.58. The first-order valence-corrected chi connectivity index (χ1v) is 10.8. The maximum absolute atomic E-state index is 13.0. The second kappa shape index (κ2) is 8.57. The molecule has 3 aromatic rings. The summed E-state index contributed by atoms with van der Waals surface area (Å²) in [7, 11) is 0. The van der Waals surface area contributed by atoms with E-state index in [1.54, 1.807) is 0 Å². The van der Waals surface area contributed by atoms with Gasteiger partial charge in [-0.05, 0) is 46.9 Å². The summed E-state index contributed by atoms with van der Waals surface area (Å²) in [6.07, 6.45) is 1.42. The molecule has 1 amide bonds. The van der Waals surface area contributed by atoms with E-state index < -0.39 is 0 Å². The number of rotatable bonds is 6. The van der Waals surface area contributed by atoms with Crippen LogP contribution in [-0.2, 0) is 17.8 Å². The predicted octanol–water partition coefficient (Wildman–Crippen LogP) is 2.83. The number of ether oxygens (including phenoxy) is 2. The van der Waals surface area contributed by atoms with Crippen LogP contribution in [0.25, 0.3) is 10.8 Å². The van der Waals surface area contributed by atoms with Crippen LogP contribution in [0.4, 0.5) is 0 Å². The highest BCUT2D eigenvalue weighted by atomic mass is 16.7. The Hall–Kier alpha value is -3.09. The zero-order valence-electron chi connectivity index (χ0n) is 17.4. The highest BCUT2D eigenvalue weighted by Crippen LogP contribution is 2.32. The molecule has 6 nitrogen and oxygen atoms in total. The third kappa shape index (κ3) is 4.22. The fraction of sp³-hybridized carbons (Fsp3) is 0.320. The number of carbonyl (C=O) groups is 1. The average Bonchev–Trinajstić information content (AvgIpc) is 3.40. The van der Waals surface area contributed by atoms with Crippen LogP contribution in [0.2, 0.25) is 0 Å². The van der Waals surface area contributed by atoms with Crippen LogP contribution in [0.1, 0.15) is 17.5 Å². The highest BCUT2D eigenvalue weighted by Gasteiger charge is 2.35. The van der Waals surface area contributed by atoms with E-state index in [2.05, 4.69) is 46.6 Å². The molecule has 3 aromatic carbocycles. The van der Waals surface area contributed by atoms with E-state index in [1.165, 1.54) is 16.3 Å². The third-order valence-electron chi connectivity index (χ3n) is 6.14. The van der Waals surface area contributed by atoms with E-state index in [1.807, 2.05) is 24.3 Å². The number of amides is 1. The van der Waals surface area contributed by atoms with E-state index in [0.29, 0.717) is 13.0 Å². The number of nitrogens with zero attached hydrogens (tertiary/aromatic N) is 1. The van der Waals surface area contributed by atoms with Crippen molar-refractivity contribution >= 4 is 16.7 Å². The van der Waals surface area contributed by atoms with Gasteiger partial charge in [0.2, 0.25) is 12.7 Å². The number of fused-ring (bicyclic) bond motifs is 2. The van der Waals surface area contributed by atoms with Crippen molar-refractivity contribution in [1.82, 2.24) is 10.2 Å². The van der Waals surface area contributed by atoms with Gasteiger partial charge in [0.15, 0.2) is 11.5 Å². The van der Waals surface area contributed by atoms with Gasteiger partial charge in [0.25, 0.3) is 0 Å². The standard InChI is InChI=1S/C25H27N3O3/c26-20-13-22(25(29)27-11-10-17-8-9-23-24(12-17)31-16-30-23)28(15-20)14-19-6-3-5-18-4-1-2-7-21(18)19/h1-9,12,20,22H,10-11,13-16,26H2,(H,27,29)/t20-,22+/m1/s1. The largest absolute Gasteiger partial charge is 0.454 e. The lowest BCUT2D eigenvalue weighted by Crippen LogP contribution is -2.43. The van der Waals surface area contributed by atoms with Gasteiger partial charge in [-0.2, -0.15) is 0 Å². The summed E-state index contributed by atoms with van der Waals surface area (Å²) in [5.74, 6) is 1.59. The van der Waals surface area contributed by atoms with Crippen LogP contribution >= 0.6 is 0 Å². The average molecular weight is 418 g/mol. The summed E-state index contributed by atoms with van der Waals surface area (Å²) >= 11 is 0. The molecule has 3 N–H and O–H groups in total. The SMILES string of the molecule is N[C@@H]1C[C@@H](C(=O)NCCc2ccc3c(c2)OCO3)N(Cc2cccc3ccccc23)C1. The minimum Gasteiger partial charge on any atom is -0.454 e. The number of likely N-dealkylation sites (tertiary alicyclic amines) is 1. The summed E-state index contributed by atoms with van der Waals surface area (Å²) in [6, 6.07) is 20.4. The van der Waals surface area contributed by atoms with Crippen LogP contribution in [0.3, 0.4) is 0 Å². The topological polar surface area (TPSA) is 76.8 Å². The van der Waals surface area contributed by atoms with Gasteiger partial charge in [0, 0.05) is 25.7 Å². The molecule has 0 unspecified atom stereocenters. The summed E-state index contributed by atoms with van der Waals surface area (Å²) in [5, 5.41) is 5.55. The second-order valence-electron chi connectivity index (χ2n) is 8.31. The summed E-state index contributed by atoms with van der Waals surface area (Å²) in [6.45, 7) is 2.29. The van der Waals surface area contributed by atoms with E-state index in [-0.39, 0.29) is 24.8 Å². The van der Waals surface area contributed by atoms with Crippen LogP contribution in [0.5, 0.6) is 11.5 Å². The second-order valence-corrected chi connectivity index (χ2v) is 8.31. The van der Waals surface area contributed by atoms with E-state index in [9.17, 15) is 4.79 Å². The first-order chi connectivity index (χ1) is 15.2. The van der Waals surface area contributed by atoms with Gasteiger partial charge >= 0.3 is 0 Å². The molecular weight excluding hydrogens is 390 g/mol. The Morgan fingerprint density at radius 1 is 1.06 bits per heavy atom. The van der Waals surface area contributed by atoms with Crippen molar-refractivity contribution in [3.05, 3.63) is 71.8 Å². The van der Waals surface area contributed by atoms with Gasteiger partial charge in [-0.25, -0.2) is 0 Å². The number of nitrogens with two attached hydrogens (primary N) is 1. The van der Waals surface area contributed by atoms with Crippen LogP contribution < -0.4 is 20.5 Å². The van der Waals surface area contributed by atoms with Crippen molar-refractivity contribution in [3.63, 3.8) is 0 Å².